The van der Waals surface area contributed by atoms with Crippen molar-refractivity contribution in [2.45, 2.75) is 12.7 Å². The SMILES string of the molecule is O=C1S/C(=C\c2ccc(-c3ccc(Cl)c(C(F)(F)F)c3)o2)C(=O)N1Cc1ccc(Cl)cc1. The number of halogens is 5. The van der Waals surface area contributed by atoms with Gasteiger partial charge in [-0.15, -0.1) is 0 Å². The topological polar surface area (TPSA) is 50.5 Å². The lowest BCUT2D eigenvalue weighted by molar-refractivity contribution is -0.137. The van der Waals surface area contributed by atoms with Gasteiger partial charge in [0.05, 0.1) is 22.0 Å². The molecule has 4 rings (SSSR count). The van der Waals surface area contributed by atoms with Gasteiger partial charge in [-0.05, 0) is 59.8 Å². The van der Waals surface area contributed by atoms with E-state index in [0.717, 1.165) is 34.4 Å². The van der Waals surface area contributed by atoms with Crippen LogP contribution in [0.15, 0.2) is 63.9 Å². The highest BCUT2D eigenvalue weighted by Crippen LogP contribution is 2.38. The highest BCUT2D eigenvalue weighted by Gasteiger charge is 2.35. The third kappa shape index (κ3) is 4.72. The fraction of sp³-hybridized carbons (Fsp3) is 0.0909. The molecule has 2 aromatic carbocycles. The second kappa shape index (κ2) is 8.69. The molecular formula is C22H12Cl2F3NO3S. The third-order valence-electron chi connectivity index (χ3n) is 4.58. The fourth-order valence-corrected chi connectivity index (χ4v) is 4.19. The van der Waals surface area contributed by atoms with Crippen molar-refractivity contribution in [1.29, 1.82) is 0 Å². The van der Waals surface area contributed by atoms with E-state index in [0.29, 0.717) is 5.02 Å². The molecule has 32 heavy (non-hydrogen) atoms. The largest absolute Gasteiger partial charge is 0.457 e. The Kier molecular flexibility index (Phi) is 6.11. The van der Waals surface area contributed by atoms with Crippen LogP contribution < -0.4 is 0 Å². The Morgan fingerprint density at radius 1 is 1.00 bits per heavy atom. The standard InChI is InChI=1S/C22H12Cl2F3NO3S/c23-14-4-1-12(2-5-14)11-28-20(29)19(32-21(28)30)10-15-6-8-18(31-15)13-3-7-17(24)16(9-13)22(25,26)27/h1-10H,11H2/b19-10-. The lowest BCUT2D eigenvalue weighted by Crippen LogP contribution is -2.27. The number of imide groups is 1. The minimum absolute atomic E-state index is 0.0908. The van der Waals surface area contributed by atoms with E-state index in [4.69, 9.17) is 27.6 Å². The highest BCUT2D eigenvalue weighted by molar-refractivity contribution is 8.18. The van der Waals surface area contributed by atoms with Gasteiger partial charge >= 0.3 is 6.18 Å². The van der Waals surface area contributed by atoms with E-state index in [1.54, 1.807) is 24.3 Å². The van der Waals surface area contributed by atoms with Crippen LogP contribution in [0.4, 0.5) is 18.0 Å². The molecule has 1 saturated heterocycles. The molecule has 164 valence electrons. The van der Waals surface area contributed by atoms with Gasteiger partial charge in [-0.2, -0.15) is 13.2 Å². The predicted octanol–water partition coefficient (Wildman–Crippen LogP) is 7.51. The summed E-state index contributed by atoms with van der Waals surface area (Å²) in [6.07, 6.45) is -3.22. The first kappa shape index (κ1) is 22.5. The Bertz CT molecular complexity index is 1240. The smallest absolute Gasteiger partial charge is 0.417 e. The first-order chi connectivity index (χ1) is 15.1. The van der Waals surface area contributed by atoms with Gasteiger partial charge in [0.25, 0.3) is 11.1 Å². The summed E-state index contributed by atoms with van der Waals surface area (Å²) in [4.78, 5) is 26.2. The maximum absolute atomic E-state index is 13.1. The van der Waals surface area contributed by atoms with Crippen LogP contribution in [0, 0.1) is 0 Å². The zero-order chi connectivity index (χ0) is 23.0. The second-order valence-electron chi connectivity index (χ2n) is 6.79. The number of hydrogen-bond acceptors (Lipinski definition) is 4. The lowest BCUT2D eigenvalue weighted by atomic mass is 10.1. The number of hydrogen-bond donors (Lipinski definition) is 0. The third-order valence-corrected chi connectivity index (χ3v) is 6.07. The lowest BCUT2D eigenvalue weighted by Gasteiger charge is -2.12. The van der Waals surface area contributed by atoms with Crippen LogP contribution in [0.25, 0.3) is 17.4 Å². The van der Waals surface area contributed by atoms with Gasteiger partial charge in [0.15, 0.2) is 0 Å². The van der Waals surface area contributed by atoms with Crippen molar-refractivity contribution in [3.05, 3.63) is 86.4 Å². The summed E-state index contributed by atoms with van der Waals surface area (Å²) >= 11 is 12.3. The highest BCUT2D eigenvalue weighted by atomic mass is 35.5. The molecule has 2 heterocycles. The van der Waals surface area contributed by atoms with Crippen molar-refractivity contribution >= 4 is 52.2 Å². The number of carbonyl (C=O) groups is 2. The van der Waals surface area contributed by atoms with E-state index in [-0.39, 0.29) is 28.5 Å². The molecule has 0 saturated carbocycles. The predicted molar refractivity (Wildman–Crippen MR) is 117 cm³/mol. The first-order valence-corrected chi connectivity index (χ1v) is 10.7. The minimum Gasteiger partial charge on any atom is -0.457 e. The number of nitrogens with zero attached hydrogens (tertiary/aromatic N) is 1. The van der Waals surface area contributed by atoms with Gasteiger partial charge in [-0.1, -0.05) is 35.3 Å². The Hall–Kier alpha value is -2.68. The molecule has 0 spiro atoms. The molecule has 1 aliphatic heterocycles. The van der Waals surface area contributed by atoms with Gasteiger partial charge in [0.2, 0.25) is 0 Å². The monoisotopic (exact) mass is 497 g/mol. The Morgan fingerprint density at radius 3 is 2.41 bits per heavy atom. The van der Waals surface area contributed by atoms with E-state index in [1.165, 1.54) is 24.3 Å². The van der Waals surface area contributed by atoms with Crippen LogP contribution in [0.5, 0.6) is 0 Å². The van der Waals surface area contributed by atoms with E-state index in [2.05, 4.69) is 0 Å². The van der Waals surface area contributed by atoms with Gasteiger partial charge in [0.1, 0.15) is 11.5 Å². The number of carbonyl (C=O) groups excluding carboxylic acids is 2. The molecule has 4 nitrogen and oxygen atoms in total. The van der Waals surface area contributed by atoms with Crippen molar-refractivity contribution in [3.63, 3.8) is 0 Å². The van der Waals surface area contributed by atoms with Crippen LogP contribution in [0.1, 0.15) is 16.9 Å². The summed E-state index contributed by atoms with van der Waals surface area (Å²) in [6.45, 7) is 0.0908. The maximum Gasteiger partial charge on any atom is 0.417 e. The van der Waals surface area contributed by atoms with Gasteiger partial charge in [0, 0.05) is 16.7 Å². The molecule has 0 aliphatic carbocycles. The number of benzene rings is 2. The Labute approximate surface area is 194 Å². The van der Waals surface area contributed by atoms with Crippen molar-refractivity contribution in [2.75, 3.05) is 0 Å². The molecule has 0 radical (unpaired) electrons. The molecular weight excluding hydrogens is 486 g/mol. The van der Waals surface area contributed by atoms with Crippen LogP contribution >= 0.6 is 35.0 Å². The molecule has 1 aliphatic rings. The average Bonchev–Trinajstić information content (AvgIpc) is 3.29. The molecule has 2 amide bonds. The van der Waals surface area contributed by atoms with Crippen molar-refractivity contribution < 1.29 is 27.2 Å². The van der Waals surface area contributed by atoms with Gasteiger partial charge < -0.3 is 4.42 Å². The molecule has 10 heteroatoms. The van der Waals surface area contributed by atoms with E-state index in [9.17, 15) is 22.8 Å². The Morgan fingerprint density at radius 2 is 1.72 bits per heavy atom. The van der Waals surface area contributed by atoms with Crippen LogP contribution in [0.3, 0.4) is 0 Å². The fourth-order valence-electron chi connectivity index (χ4n) is 3.02. The van der Waals surface area contributed by atoms with Crippen molar-refractivity contribution in [2.24, 2.45) is 0 Å². The summed E-state index contributed by atoms with van der Waals surface area (Å²) in [7, 11) is 0. The summed E-state index contributed by atoms with van der Waals surface area (Å²) < 4.78 is 44.9. The van der Waals surface area contributed by atoms with Crippen LogP contribution in [0.2, 0.25) is 10.0 Å². The van der Waals surface area contributed by atoms with Crippen molar-refractivity contribution in [3.8, 4) is 11.3 Å². The van der Waals surface area contributed by atoms with Crippen LogP contribution in [-0.2, 0) is 17.5 Å². The summed E-state index contributed by atoms with van der Waals surface area (Å²) in [6, 6.07) is 13.2. The van der Waals surface area contributed by atoms with Crippen molar-refractivity contribution in [1.82, 2.24) is 4.90 Å². The molecule has 0 N–H and O–H groups in total. The number of rotatable bonds is 4. The van der Waals surface area contributed by atoms with E-state index >= 15 is 0 Å². The number of thioether (sulfide) groups is 1. The normalized spacial score (nSPS) is 15.8. The summed E-state index contributed by atoms with van der Waals surface area (Å²) in [5.74, 6) is -0.0990. The molecule has 0 unspecified atom stereocenters. The second-order valence-corrected chi connectivity index (χ2v) is 8.63. The van der Waals surface area contributed by atoms with Gasteiger partial charge in [-0.3, -0.25) is 14.5 Å². The zero-order valence-electron chi connectivity index (χ0n) is 16.0. The van der Waals surface area contributed by atoms with Gasteiger partial charge in [-0.25, -0.2) is 0 Å². The molecule has 3 aromatic rings. The summed E-state index contributed by atoms with van der Waals surface area (Å²) in [5, 5.41) is -0.308. The summed E-state index contributed by atoms with van der Waals surface area (Å²) in [5.41, 5.74) is -0.0587. The first-order valence-electron chi connectivity index (χ1n) is 9.08. The number of amides is 2. The van der Waals surface area contributed by atoms with E-state index < -0.39 is 27.9 Å². The molecule has 1 aromatic heterocycles. The number of furan rings is 1. The zero-order valence-corrected chi connectivity index (χ0v) is 18.3. The average molecular weight is 498 g/mol. The Balaban J connectivity index is 1.55. The quantitative estimate of drug-likeness (QED) is 0.350. The number of alkyl halides is 3. The van der Waals surface area contributed by atoms with E-state index in [1.807, 2.05) is 0 Å². The minimum atomic E-state index is -4.61. The maximum atomic E-state index is 13.1. The molecule has 0 bridgehead atoms. The molecule has 1 fully saturated rings. The molecule has 0 atom stereocenters. The van der Waals surface area contributed by atoms with Crippen LogP contribution in [-0.4, -0.2) is 16.0 Å².